The predicted molar refractivity (Wildman–Crippen MR) is 70.9 cm³/mol. The van der Waals surface area contributed by atoms with Crippen molar-refractivity contribution in [3.63, 3.8) is 0 Å². The number of hydrogen-bond acceptors (Lipinski definition) is 4. The number of carbonyl (C=O) groups excluding carboxylic acids is 1. The first-order valence-corrected chi connectivity index (χ1v) is 6.39. The van der Waals surface area contributed by atoms with Gasteiger partial charge in [0, 0.05) is 19.5 Å². The molecule has 1 aliphatic heterocycles. The summed E-state index contributed by atoms with van der Waals surface area (Å²) in [5.74, 6) is -0.781. The minimum atomic E-state index is -0.853. The van der Waals surface area contributed by atoms with Crippen molar-refractivity contribution in [2.24, 2.45) is 5.92 Å². The standard InChI is InChI=1S/C14H17NO5/c1-20-10-2-3-12(16)11(7-10)14(19)15-5-4-9(8-15)6-13(17)18/h2-3,7,9,16H,4-6,8H2,1H3,(H,17,18). The first-order valence-electron chi connectivity index (χ1n) is 6.39. The van der Waals surface area contributed by atoms with E-state index < -0.39 is 5.97 Å². The number of rotatable bonds is 4. The summed E-state index contributed by atoms with van der Waals surface area (Å²) >= 11 is 0. The molecule has 0 spiro atoms. The molecule has 20 heavy (non-hydrogen) atoms. The Morgan fingerprint density at radius 3 is 2.85 bits per heavy atom. The van der Waals surface area contributed by atoms with Gasteiger partial charge in [0.2, 0.25) is 0 Å². The maximum atomic E-state index is 12.3. The number of hydrogen-bond donors (Lipinski definition) is 2. The van der Waals surface area contributed by atoms with E-state index in [1.807, 2.05) is 0 Å². The summed E-state index contributed by atoms with van der Waals surface area (Å²) in [6.07, 6.45) is 0.733. The summed E-state index contributed by atoms with van der Waals surface area (Å²) in [6.45, 7) is 0.912. The maximum Gasteiger partial charge on any atom is 0.303 e. The van der Waals surface area contributed by atoms with Crippen molar-refractivity contribution in [3.05, 3.63) is 23.8 Å². The van der Waals surface area contributed by atoms with Gasteiger partial charge in [-0.2, -0.15) is 0 Å². The highest BCUT2D eigenvalue weighted by Crippen LogP contribution is 2.27. The van der Waals surface area contributed by atoms with Gasteiger partial charge in [-0.05, 0) is 30.5 Å². The lowest BCUT2D eigenvalue weighted by molar-refractivity contribution is -0.138. The van der Waals surface area contributed by atoms with Crippen LogP contribution in [0.25, 0.3) is 0 Å². The van der Waals surface area contributed by atoms with E-state index in [0.29, 0.717) is 25.3 Å². The Balaban J connectivity index is 2.10. The zero-order valence-electron chi connectivity index (χ0n) is 11.2. The molecule has 2 rings (SSSR count). The minimum Gasteiger partial charge on any atom is -0.507 e. The van der Waals surface area contributed by atoms with E-state index in [9.17, 15) is 14.7 Å². The van der Waals surface area contributed by atoms with Crippen molar-refractivity contribution in [2.75, 3.05) is 20.2 Å². The maximum absolute atomic E-state index is 12.3. The van der Waals surface area contributed by atoms with Gasteiger partial charge in [-0.25, -0.2) is 0 Å². The molecule has 1 atom stereocenters. The summed E-state index contributed by atoms with van der Waals surface area (Å²) in [5.41, 5.74) is 0.181. The van der Waals surface area contributed by atoms with Gasteiger partial charge in [0.25, 0.3) is 5.91 Å². The molecule has 1 amide bonds. The van der Waals surface area contributed by atoms with Crippen LogP contribution in [0.3, 0.4) is 0 Å². The van der Waals surface area contributed by atoms with Crippen LogP contribution in [0.4, 0.5) is 0 Å². The second-order valence-electron chi connectivity index (χ2n) is 4.89. The SMILES string of the molecule is COc1ccc(O)c(C(=O)N2CCC(CC(=O)O)C2)c1. The Morgan fingerprint density at radius 1 is 1.45 bits per heavy atom. The number of nitrogens with zero attached hydrogens (tertiary/aromatic N) is 1. The Bertz CT molecular complexity index is 528. The average Bonchev–Trinajstić information content (AvgIpc) is 2.86. The number of methoxy groups -OCH3 is 1. The average molecular weight is 279 g/mol. The van der Waals surface area contributed by atoms with Crippen LogP contribution < -0.4 is 4.74 Å². The third kappa shape index (κ3) is 3.01. The molecule has 108 valence electrons. The minimum absolute atomic E-state index is 0.0239. The Hall–Kier alpha value is -2.24. The van der Waals surface area contributed by atoms with Crippen LogP contribution in [0.5, 0.6) is 11.5 Å². The lowest BCUT2D eigenvalue weighted by Gasteiger charge is -2.17. The second kappa shape index (κ2) is 5.81. The summed E-state index contributed by atoms with van der Waals surface area (Å²) in [5, 5.41) is 18.5. The Kier molecular flexibility index (Phi) is 4.12. The molecule has 1 saturated heterocycles. The summed E-state index contributed by atoms with van der Waals surface area (Å²) in [6, 6.07) is 4.47. The fourth-order valence-corrected chi connectivity index (χ4v) is 2.41. The summed E-state index contributed by atoms with van der Waals surface area (Å²) < 4.78 is 5.04. The zero-order chi connectivity index (χ0) is 14.7. The van der Waals surface area contributed by atoms with Crippen LogP contribution in [-0.2, 0) is 4.79 Å². The smallest absolute Gasteiger partial charge is 0.303 e. The van der Waals surface area contributed by atoms with Crippen molar-refractivity contribution in [3.8, 4) is 11.5 Å². The molecule has 1 aromatic rings. The molecule has 0 radical (unpaired) electrons. The lowest BCUT2D eigenvalue weighted by atomic mass is 10.1. The number of phenols is 1. The van der Waals surface area contributed by atoms with Crippen LogP contribution in [0, 0.1) is 5.92 Å². The number of amides is 1. The van der Waals surface area contributed by atoms with E-state index in [0.717, 1.165) is 0 Å². The van der Waals surface area contributed by atoms with Gasteiger partial charge in [0.1, 0.15) is 11.5 Å². The van der Waals surface area contributed by atoms with Gasteiger partial charge in [0.05, 0.1) is 12.7 Å². The number of carbonyl (C=O) groups is 2. The van der Waals surface area contributed by atoms with Crippen molar-refractivity contribution in [1.82, 2.24) is 4.90 Å². The Morgan fingerprint density at radius 2 is 2.20 bits per heavy atom. The lowest BCUT2D eigenvalue weighted by Crippen LogP contribution is -2.29. The number of aliphatic carboxylic acids is 1. The quantitative estimate of drug-likeness (QED) is 0.868. The van der Waals surface area contributed by atoms with E-state index >= 15 is 0 Å². The summed E-state index contributed by atoms with van der Waals surface area (Å²) in [4.78, 5) is 24.6. The number of phenolic OH excluding ortho intramolecular Hbond substituents is 1. The van der Waals surface area contributed by atoms with Crippen molar-refractivity contribution >= 4 is 11.9 Å². The molecule has 0 saturated carbocycles. The highest BCUT2D eigenvalue weighted by Gasteiger charge is 2.29. The topological polar surface area (TPSA) is 87.1 Å². The van der Waals surface area contributed by atoms with E-state index in [1.165, 1.54) is 19.2 Å². The van der Waals surface area contributed by atoms with Crippen molar-refractivity contribution < 1.29 is 24.5 Å². The van der Waals surface area contributed by atoms with Gasteiger partial charge >= 0.3 is 5.97 Å². The second-order valence-corrected chi connectivity index (χ2v) is 4.89. The monoisotopic (exact) mass is 279 g/mol. The molecule has 0 bridgehead atoms. The number of carboxylic acid groups (broad SMARTS) is 1. The zero-order valence-corrected chi connectivity index (χ0v) is 11.2. The fraction of sp³-hybridized carbons (Fsp3) is 0.429. The molecule has 6 nitrogen and oxygen atoms in total. The number of ether oxygens (including phenoxy) is 1. The van der Waals surface area contributed by atoms with Crippen LogP contribution in [-0.4, -0.2) is 47.2 Å². The largest absolute Gasteiger partial charge is 0.507 e. The van der Waals surface area contributed by atoms with Gasteiger partial charge in [-0.3, -0.25) is 9.59 Å². The van der Waals surface area contributed by atoms with Crippen molar-refractivity contribution in [1.29, 1.82) is 0 Å². The predicted octanol–water partition coefficient (Wildman–Crippen LogP) is 1.34. The van der Waals surface area contributed by atoms with Crippen LogP contribution in [0.2, 0.25) is 0 Å². The van der Waals surface area contributed by atoms with Gasteiger partial charge in [0.15, 0.2) is 0 Å². The third-order valence-electron chi connectivity index (χ3n) is 3.47. The molecule has 1 fully saturated rings. The molecular weight excluding hydrogens is 262 g/mol. The first kappa shape index (κ1) is 14.2. The molecule has 1 aromatic carbocycles. The van der Waals surface area contributed by atoms with Gasteiger partial charge in [-0.15, -0.1) is 0 Å². The van der Waals surface area contributed by atoms with Gasteiger partial charge in [-0.1, -0.05) is 0 Å². The molecule has 0 aliphatic carbocycles. The van der Waals surface area contributed by atoms with Crippen LogP contribution in [0.1, 0.15) is 23.2 Å². The number of aromatic hydroxyl groups is 1. The van der Waals surface area contributed by atoms with E-state index in [2.05, 4.69) is 0 Å². The molecule has 1 unspecified atom stereocenters. The highest BCUT2D eigenvalue weighted by atomic mass is 16.5. The van der Waals surface area contributed by atoms with Crippen molar-refractivity contribution in [2.45, 2.75) is 12.8 Å². The van der Waals surface area contributed by atoms with Gasteiger partial charge < -0.3 is 19.8 Å². The van der Waals surface area contributed by atoms with E-state index in [1.54, 1.807) is 11.0 Å². The molecule has 6 heteroatoms. The van der Waals surface area contributed by atoms with Crippen LogP contribution >= 0.6 is 0 Å². The molecule has 2 N–H and O–H groups in total. The number of carboxylic acids is 1. The highest BCUT2D eigenvalue weighted by molar-refractivity contribution is 5.97. The fourth-order valence-electron chi connectivity index (χ4n) is 2.41. The molecule has 0 aromatic heterocycles. The molecular formula is C14H17NO5. The van der Waals surface area contributed by atoms with Crippen LogP contribution in [0.15, 0.2) is 18.2 Å². The third-order valence-corrected chi connectivity index (χ3v) is 3.47. The number of likely N-dealkylation sites (tertiary alicyclic amines) is 1. The van der Waals surface area contributed by atoms with E-state index in [4.69, 9.17) is 9.84 Å². The molecule has 1 aliphatic rings. The molecule has 1 heterocycles. The normalized spacial score (nSPS) is 18.1. The first-order chi connectivity index (χ1) is 9.51. The van der Waals surface area contributed by atoms with E-state index in [-0.39, 0.29) is 29.6 Å². The Labute approximate surface area is 116 Å². The number of benzene rings is 1. The summed E-state index contributed by atoms with van der Waals surface area (Å²) in [7, 11) is 1.49.